The van der Waals surface area contributed by atoms with Crippen LogP contribution in [0.25, 0.3) is 28.3 Å². The fourth-order valence-corrected chi connectivity index (χ4v) is 4.54. The van der Waals surface area contributed by atoms with Gasteiger partial charge in [0.05, 0.1) is 6.20 Å². The Morgan fingerprint density at radius 3 is 2.09 bits per heavy atom. The van der Waals surface area contributed by atoms with E-state index in [1.165, 1.54) is 47.6 Å². The third-order valence-electron chi connectivity index (χ3n) is 6.49. The molecular weight excluding hydrogens is 420 g/mol. The smallest absolute Gasteiger partial charge is 0.328 e. The van der Waals surface area contributed by atoms with E-state index in [1.807, 2.05) is 24.5 Å². The van der Waals surface area contributed by atoms with Gasteiger partial charge in [0.25, 0.3) is 0 Å². The molecule has 0 radical (unpaired) electrons. The summed E-state index contributed by atoms with van der Waals surface area (Å²) >= 11 is 0. The van der Waals surface area contributed by atoms with Crippen LogP contribution in [0.3, 0.4) is 0 Å². The van der Waals surface area contributed by atoms with Gasteiger partial charge in [-0.1, -0.05) is 85.3 Å². The van der Waals surface area contributed by atoms with E-state index in [-0.39, 0.29) is 0 Å². The summed E-state index contributed by atoms with van der Waals surface area (Å²) in [5, 5.41) is 15.9. The van der Waals surface area contributed by atoms with Crippen molar-refractivity contribution >= 4 is 23.2 Å². The van der Waals surface area contributed by atoms with Crippen LogP contribution in [0.2, 0.25) is 0 Å². The third-order valence-corrected chi connectivity index (χ3v) is 6.49. The van der Waals surface area contributed by atoms with E-state index in [2.05, 4.69) is 76.9 Å². The van der Waals surface area contributed by atoms with E-state index in [1.54, 1.807) is 6.08 Å². The maximum atomic E-state index is 10.9. The maximum Gasteiger partial charge on any atom is 0.328 e. The number of rotatable bonds is 7. The zero-order chi connectivity index (χ0) is 23.3. The summed E-state index contributed by atoms with van der Waals surface area (Å²) in [6.07, 6.45) is 10.2. The van der Waals surface area contributed by atoms with Gasteiger partial charge in [-0.15, -0.1) is 0 Å². The minimum Gasteiger partial charge on any atom is -0.478 e. The van der Waals surface area contributed by atoms with Crippen molar-refractivity contribution in [2.45, 2.75) is 19.3 Å². The lowest BCUT2D eigenvalue weighted by Gasteiger charge is -2.31. The third kappa shape index (κ3) is 4.62. The van der Waals surface area contributed by atoms with Gasteiger partial charge in [-0.25, -0.2) is 4.79 Å². The van der Waals surface area contributed by atoms with Gasteiger partial charge in [-0.3, -0.25) is 5.10 Å². The van der Waals surface area contributed by atoms with Crippen LogP contribution < -0.4 is 0 Å². The lowest BCUT2D eigenvalue weighted by molar-refractivity contribution is -0.131. The molecule has 3 aromatic carbocycles. The number of carboxylic acid groups (broad SMARTS) is 1. The summed E-state index contributed by atoms with van der Waals surface area (Å²) < 4.78 is 0. The molecule has 4 heteroatoms. The average molecular weight is 447 g/mol. The molecular formula is C30H26N2O2. The zero-order valence-corrected chi connectivity index (χ0v) is 18.8. The second-order valence-electron chi connectivity index (χ2n) is 8.64. The van der Waals surface area contributed by atoms with Crippen molar-refractivity contribution in [2.24, 2.45) is 5.92 Å². The zero-order valence-electron chi connectivity index (χ0n) is 18.8. The van der Waals surface area contributed by atoms with E-state index < -0.39 is 5.97 Å². The minimum absolute atomic E-state index is 0.525. The van der Waals surface area contributed by atoms with Crippen LogP contribution in [0.4, 0.5) is 0 Å². The molecule has 0 amide bonds. The Morgan fingerprint density at radius 1 is 0.853 bits per heavy atom. The number of nitrogens with zero attached hydrogens (tertiary/aromatic N) is 1. The molecule has 5 rings (SSSR count). The monoisotopic (exact) mass is 446 g/mol. The minimum atomic E-state index is -0.946. The summed E-state index contributed by atoms with van der Waals surface area (Å²) in [5.74, 6) is -0.420. The van der Waals surface area contributed by atoms with Crippen molar-refractivity contribution < 1.29 is 9.90 Å². The van der Waals surface area contributed by atoms with Gasteiger partial charge in [0.15, 0.2) is 0 Å². The molecule has 1 heterocycles. The van der Waals surface area contributed by atoms with Crippen LogP contribution >= 0.6 is 0 Å². The first-order valence-electron chi connectivity index (χ1n) is 11.6. The van der Waals surface area contributed by atoms with Crippen LogP contribution in [0.15, 0.2) is 97.3 Å². The first-order valence-corrected chi connectivity index (χ1v) is 11.6. The van der Waals surface area contributed by atoms with Gasteiger partial charge in [0.1, 0.15) is 0 Å². The number of nitrogens with one attached hydrogen (secondary N) is 1. The molecule has 0 unspecified atom stereocenters. The number of hydrogen-bond acceptors (Lipinski definition) is 2. The number of aromatic amines is 1. The highest BCUT2D eigenvalue weighted by Gasteiger charge is 2.27. The molecule has 0 aliphatic heterocycles. The Morgan fingerprint density at radius 2 is 1.53 bits per heavy atom. The van der Waals surface area contributed by atoms with Crippen LogP contribution in [0.5, 0.6) is 0 Å². The highest BCUT2D eigenvalue weighted by Crippen LogP contribution is 2.45. The molecule has 4 nitrogen and oxygen atoms in total. The van der Waals surface area contributed by atoms with Crippen molar-refractivity contribution in [1.29, 1.82) is 0 Å². The lowest BCUT2D eigenvalue weighted by atomic mass is 9.73. The van der Waals surface area contributed by atoms with Crippen LogP contribution in [0, 0.1) is 5.92 Å². The number of benzene rings is 3. The fraction of sp³-hybridized carbons (Fsp3) is 0.133. The summed E-state index contributed by atoms with van der Waals surface area (Å²) in [7, 11) is 0. The number of carbonyl (C=O) groups is 1. The molecule has 34 heavy (non-hydrogen) atoms. The molecule has 1 aromatic heterocycles. The normalized spacial score (nSPS) is 14.6. The van der Waals surface area contributed by atoms with E-state index in [9.17, 15) is 4.79 Å². The van der Waals surface area contributed by atoms with Crippen molar-refractivity contribution in [3.05, 3.63) is 120 Å². The molecule has 1 aliphatic carbocycles. The van der Waals surface area contributed by atoms with Gasteiger partial charge in [-0.2, -0.15) is 5.10 Å². The summed E-state index contributed by atoms with van der Waals surface area (Å²) in [4.78, 5) is 10.9. The number of allylic oxidation sites excluding steroid dienone is 1. The van der Waals surface area contributed by atoms with Gasteiger partial charge < -0.3 is 5.11 Å². The van der Waals surface area contributed by atoms with Gasteiger partial charge in [-0.05, 0) is 63.8 Å². The SMILES string of the molecule is O=C(O)C=Cc1ccc(/C(=C(\c2ccccc2)C2CCC2)c2ccc(-c3cn[nH]c3)cc2)cc1. The highest BCUT2D eigenvalue weighted by atomic mass is 16.4. The highest BCUT2D eigenvalue weighted by molar-refractivity contribution is 6.00. The number of carboxylic acids is 1. The standard InChI is InChI=1S/C30H26N2O2/c33-28(34)18-11-21-9-12-25(13-10-21)30(26-16-14-22(15-17-26)27-19-31-32-20-27)29(24-7-4-8-24)23-5-2-1-3-6-23/h1-3,5-6,9-20,24H,4,7-8H2,(H,31,32)(H,33,34)/b18-11?,30-29-. The van der Waals surface area contributed by atoms with Crippen molar-refractivity contribution in [1.82, 2.24) is 10.2 Å². The topological polar surface area (TPSA) is 66.0 Å². The number of aromatic nitrogens is 2. The van der Waals surface area contributed by atoms with Gasteiger partial charge in [0.2, 0.25) is 0 Å². The van der Waals surface area contributed by atoms with Crippen molar-refractivity contribution in [3.63, 3.8) is 0 Å². The van der Waals surface area contributed by atoms with Gasteiger partial charge in [0, 0.05) is 17.8 Å². The molecule has 1 aliphatic rings. The molecule has 1 saturated carbocycles. The first kappa shape index (κ1) is 21.7. The second kappa shape index (κ2) is 9.75. The van der Waals surface area contributed by atoms with Crippen molar-refractivity contribution in [3.8, 4) is 11.1 Å². The molecule has 168 valence electrons. The molecule has 0 spiro atoms. The maximum absolute atomic E-state index is 10.9. The first-order chi connectivity index (χ1) is 16.7. The quantitative estimate of drug-likeness (QED) is 0.239. The predicted octanol–water partition coefficient (Wildman–Crippen LogP) is 6.93. The molecule has 0 bridgehead atoms. The predicted molar refractivity (Wildman–Crippen MR) is 137 cm³/mol. The molecule has 1 fully saturated rings. The summed E-state index contributed by atoms with van der Waals surface area (Å²) in [6, 6.07) is 27.5. The molecule has 0 saturated heterocycles. The molecule has 2 N–H and O–H groups in total. The molecule has 4 aromatic rings. The Labute approximate surface area is 199 Å². The Kier molecular flexibility index (Phi) is 6.21. The Balaban J connectivity index is 1.65. The number of H-pyrrole nitrogens is 1. The van der Waals surface area contributed by atoms with Crippen LogP contribution in [-0.4, -0.2) is 21.3 Å². The van der Waals surface area contributed by atoms with Crippen molar-refractivity contribution in [2.75, 3.05) is 0 Å². The number of aliphatic carboxylic acids is 1. The van der Waals surface area contributed by atoms with Gasteiger partial charge >= 0.3 is 5.97 Å². The van der Waals surface area contributed by atoms with E-state index in [0.29, 0.717) is 5.92 Å². The van der Waals surface area contributed by atoms with E-state index >= 15 is 0 Å². The Hall–Kier alpha value is -4.18. The van der Waals surface area contributed by atoms with Crippen LogP contribution in [-0.2, 0) is 4.79 Å². The van der Waals surface area contributed by atoms with Crippen LogP contribution in [0.1, 0.15) is 41.5 Å². The second-order valence-corrected chi connectivity index (χ2v) is 8.64. The lowest BCUT2D eigenvalue weighted by Crippen LogP contribution is -2.15. The van der Waals surface area contributed by atoms with E-state index in [4.69, 9.17) is 5.11 Å². The Bertz CT molecular complexity index is 1310. The van der Waals surface area contributed by atoms with E-state index in [0.717, 1.165) is 22.3 Å². The fourth-order valence-electron chi connectivity index (χ4n) is 4.54. The molecule has 0 atom stereocenters. The number of hydrogen-bond donors (Lipinski definition) is 2. The summed E-state index contributed by atoms with van der Waals surface area (Å²) in [5.41, 5.74) is 9.24. The average Bonchev–Trinajstić information content (AvgIpc) is 3.38. The largest absolute Gasteiger partial charge is 0.478 e. The summed E-state index contributed by atoms with van der Waals surface area (Å²) in [6.45, 7) is 0.